The molecule has 1 N–H and O–H groups in total. The van der Waals surface area contributed by atoms with Crippen molar-refractivity contribution in [1.29, 1.82) is 0 Å². The van der Waals surface area contributed by atoms with Gasteiger partial charge >= 0.3 is 0 Å². The van der Waals surface area contributed by atoms with Gasteiger partial charge in [-0.25, -0.2) is 8.78 Å². The monoisotopic (exact) mass is 426 g/mol. The number of hydrogen-bond acceptors (Lipinski definition) is 5. The van der Waals surface area contributed by atoms with E-state index in [-0.39, 0.29) is 6.61 Å². The Bertz CT molecular complexity index is 1090. The summed E-state index contributed by atoms with van der Waals surface area (Å²) in [6, 6.07) is 13.8. The van der Waals surface area contributed by atoms with Crippen LogP contribution in [-0.2, 0) is 0 Å². The van der Waals surface area contributed by atoms with Crippen LogP contribution < -0.4 is 9.47 Å². The van der Waals surface area contributed by atoms with E-state index in [4.69, 9.17) is 9.47 Å². The summed E-state index contributed by atoms with van der Waals surface area (Å²) in [6.07, 6.45) is 2.73. The van der Waals surface area contributed by atoms with Gasteiger partial charge in [-0.2, -0.15) is 0 Å². The molecule has 1 aliphatic heterocycles. The lowest BCUT2D eigenvalue weighted by molar-refractivity contribution is 0.0302. The third-order valence-electron chi connectivity index (χ3n) is 6.28. The van der Waals surface area contributed by atoms with E-state index < -0.39 is 23.9 Å². The summed E-state index contributed by atoms with van der Waals surface area (Å²) in [4.78, 5) is 6.11. The Hall–Kier alpha value is -2.77. The molecule has 5 rings (SSSR count). The highest BCUT2D eigenvalue weighted by Gasteiger charge is 2.71. The van der Waals surface area contributed by atoms with Crippen molar-refractivity contribution in [1.82, 2.24) is 9.88 Å². The van der Waals surface area contributed by atoms with Crippen molar-refractivity contribution in [3.05, 3.63) is 54.9 Å². The van der Waals surface area contributed by atoms with Crippen molar-refractivity contribution < 1.29 is 23.4 Å². The predicted molar refractivity (Wildman–Crippen MR) is 114 cm³/mol. The molecule has 0 radical (unpaired) electrons. The van der Waals surface area contributed by atoms with Crippen molar-refractivity contribution >= 4 is 10.8 Å². The van der Waals surface area contributed by atoms with Crippen LogP contribution in [-0.4, -0.2) is 60.4 Å². The number of nitrogens with zero attached hydrogens (tertiary/aromatic N) is 2. The summed E-state index contributed by atoms with van der Waals surface area (Å²) >= 11 is 0. The van der Waals surface area contributed by atoms with E-state index in [1.54, 1.807) is 19.5 Å². The number of alkyl halides is 2. The molecule has 0 spiro atoms. The molecule has 2 aliphatic rings. The van der Waals surface area contributed by atoms with Gasteiger partial charge in [0, 0.05) is 43.2 Å². The molecule has 7 heteroatoms. The maximum absolute atomic E-state index is 13.3. The van der Waals surface area contributed by atoms with Gasteiger partial charge in [-0.15, -0.1) is 0 Å². The number of hydrogen-bond donors (Lipinski definition) is 1. The zero-order valence-electron chi connectivity index (χ0n) is 17.2. The number of halogens is 2. The Balaban J connectivity index is 1.23. The Labute approximate surface area is 179 Å². The third kappa shape index (κ3) is 3.95. The number of piperidine rings is 1. The number of pyridine rings is 1. The molecule has 162 valence electrons. The Morgan fingerprint density at radius 2 is 1.81 bits per heavy atom. The molecule has 5 nitrogen and oxygen atoms in total. The Morgan fingerprint density at radius 3 is 2.58 bits per heavy atom. The highest BCUT2D eigenvalue weighted by atomic mass is 19.3. The second kappa shape index (κ2) is 7.73. The van der Waals surface area contributed by atoms with Gasteiger partial charge in [0.05, 0.1) is 13.3 Å². The first kappa shape index (κ1) is 20.2. The van der Waals surface area contributed by atoms with Crippen LogP contribution in [0.2, 0.25) is 0 Å². The van der Waals surface area contributed by atoms with Gasteiger partial charge in [0.15, 0.2) is 0 Å². The Morgan fingerprint density at radius 1 is 1.03 bits per heavy atom. The van der Waals surface area contributed by atoms with Crippen LogP contribution in [0.1, 0.15) is 0 Å². The highest BCUT2D eigenvalue weighted by Crippen LogP contribution is 2.59. The maximum Gasteiger partial charge on any atom is 0.257 e. The van der Waals surface area contributed by atoms with E-state index in [1.165, 1.54) is 0 Å². The van der Waals surface area contributed by atoms with Gasteiger partial charge in [-0.3, -0.25) is 9.88 Å². The molecule has 3 atom stereocenters. The fourth-order valence-corrected chi connectivity index (χ4v) is 4.46. The lowest BCUT2D eigenvalue weighted by atomic mass is 10.0. The number of aromatic nitrogens is 1. The highest BCUT2D eigenvalue weighted by molar-refractivity contribution is 5.88. The number of rotatable bonds is 7. The molecule has 3 aromatic rings. The summed E-state index contributed by atoms with van der Waals surface area (Å²) < 4.78 is 37.6. The average Bonchev–Trinajstić information content (AvgIpc) is 3.10. The van der Waals surface area contributed by atoms with Crippen LogP contribution >= 0.6 is 0 Å². The fraction of sp³-hybridized carbons (Fsp3) is 0.375. The molecule has 2 aromatic carbocycles. The van der Waals surface area contributed by atoms with E-state index in [0.29, 0.717) is 31.1 Å². The van der Waals surface area contributed by atoms with E-state index in [2.05, 4.69) is 11.1 Å². The molecule has 1 saturated carbocycles. The van der Waals surface area contributed by atoms with Crippen LogP contribution in [0.4, 0.5) is 8.78 Å². The van der Waals surface area contributed by atoms with Crippen LogP contribution in [0.15, 0.2) is 54.9 Å². The summed E-state index contributed by atoms with van der Waals surface area (Å²) in [6.45, 7) is 1.18. The lowest BCUT2D eigenvalue weighted by Gasteiger charge is -2.22. The smallest absolute Gasteiger partial charge is 0.257 e. The van der Waals surface area contributed by atoms with Crippen molar-refractivity contribution in [3.63, 3.8) is 0 Å². The van der Waals surface area contributed by atoms with Gasteiger partial charge in [-0.05, 0) is 40.6 Å². The van der Waals surface area contributed by atoms with Gasteiger partial charge in [0.1, 0.15) is 24.2 Å². The van der Waals surface area contributed by atoms with E-state index in [1.807, 2.05) is 41.3 Å². The number of aliphatic hydroxyl groups is 1. The van der Waals surface area contributed by atoms with Gasteiger partial charge < -0.3 is 14.6 Å². The molecule has 1 saturated heterocycles. The molecule has 1 aliphatic carbocycles. The predicted octanol–water partition coefficient (Wildman–Crippen LogP) is 3.85. The summed E-state index contributed by atoms with van der Waals surface area (Å²) in [7, 11) is 1.61. The molecule has 2 fully saturated rings. The van der Waals surface area contributed by atoms with Crippen LogP contribution in [0.5, 0.6) is 11.5 Å². The number of methoxy groups -OCH3 is 1. The first-order chi connectivity index (χ1) is 14.9. The molecule has 31 heavy (non-hydrogen) atoms. The normalized spacial score (nSPS) is 22.8. The standard InChI is InChI=1S/C24H24F2N2O3/c1-30-21-8-18(9-27-10-21)16-3-2-15-4-5-20(7-17(15)6-16)31-14-19(29)11-28-12-22-23(13-28)24(22,25)26/h2-10,19,22-23,29H,11-14H2,1H3. The second-order valence-electron chi connectivity index (χ2n) is 8.41. The quantitative estimate of drug-likeness (QED) is 0.622. The van der Waals surface area contributed by atoms with E-state index in [9.17, 15) is 13.9 Å². The van der Waals surface area contributed by atoms with Crippen LogP contribution in [0.25, 0.3) is 21.9 Å². The second-order valence-corrected chi connectivity index (χ2v) is 8.41. The minimum atomic E-state index is -2.50. The third-order valence-corrected chi connectivity index (χ3v) is 6.28. The zero-order valence-corrected chi connectivity index (χ0v) is 17.2. The number of aliphatic hydroxyl groups excluding tert-OH is 1. The van der Waals surface area contributed by atoms with Crippen LogP contribution in [0.3, 0.4) is 0 Å². The molecule has 0 bridgehead atoms. The van der Waals surface area contributed by atoms with Gasteiger partial charge in [-0.1, -0.05) is 18.2 Å². The Kier molecular flexibility index (Phi) is 5.02. The summed E-state index contributed by atoms with van der Waals surface area (Å²) in [5.74, 6) is -2.21. The molecular formula is C24H24F2N2O3. The maximum atomic E-state index is 13.3. The first-order valence-electron chi connectivity index (χ1n) is 10.4. The average molecular weight is 426 g/mol. The largest absolute Gasteiger partial charge is 0.495 e. The van der Waals surface area contributed by atoms with Crippen molar-refractivity contribution in [2.24, 2.45) is 11.8 Å². The number of benzene rings is 2. The number of β-amino-alcohol motifs (C(OH)–C–C–N with tert-alkyl or cyclic N) is 1. The van der Waals surface area contributed by atoms with Crippen molar-refractivity contribution in [2.75, 3.05) is 33.4 Å². The topological polar surface area (TPSA) is 54.8 Å². The molecule has 0 amide bonds. The minimum Gasteiger partial charge on any atom is -0.495 e. The van der Waals surface area contributed by atoms with Gasteiger partial charge in [0.2, 0.25) is 0 Å². The molecule has 3 unspecified atom stereocenters. The lowest BCUT2D eigenvalue weighted by Crippen LogP contribution is -2.37. The number of likely N-dealkylation sites (tertiary alicyclic amines) is 1. The van der Waals surface area contributed by atoms with Crippen molar-refractivity contribution in [3.8, 4) is 22.6 Å². The first-order valence-corrected chi connectivity index (χ1v) is 10.4. The van der Waals surface area contributed by atoms with E-state index >= 15 is 0 Å². The zero-order chi connectivity index (χ0) is 21.6. The minimum absolute atomic E-state index is 0.118. The van der Waals surface area contributed by atoms with Gasteiger partial charge in [0.25, 0.3) is 5.92 Å². The molecule has 1 aromatic heterocycles. The van der Waals surface area contributed by atoms with Crippen molar-refractivity contribution in [2.45, 2.75) is 12.0 Å². The SMILES string of the molecule is COc1cncc(-c2ccc3ccc(OCC(O)CN4CC5C(C4)C5(F)F)cc3c2)c1. The molecule has 2 heterocycles. The van der Waals surface area contributed by atoms with Crippen LogP contribution in [0, 0.1) is 11.8 Å². The number of ether oxygens (including phenoxy) is 2. The summed E-state index contributed by atoms with van der Waals surface area (Å²) in [5, 5.41) is 12.4. The fourth-order valence-electron chi connectivity index (χ4n) is 4.46. The summed E-state index contributed by atoms with van der Waals surface area (Å²) in [5.41, 5.74) is 1.97. The van der Waals surface area contributed by atoms with E-state index in [0.717, 1.165) is 21.9 Å². The number of fused-ring (bicyclic) bond motifs is 2. The molecular weight excluding hydrogens is 402 g/mol.